The largest absolute Gasteiger partial charge is 0.522 e. The molecule has 0 aliphatic heterocycles. The van der Waals surface area contributed by atoms with Crippen LogP contribution in [0.1, 0.15) is 80.2 Å². The fourth-order valence-corrected chi connectivity index (χ4v) is 9.22. The van der Waals surface area contributed by atoms with Gasteiger partial charge in [-0.15, -0.1) is 23.6 Å². The van der Waals surface area contributed by atoms with Crippen molar-refractivity contribution in [1.82, 2.24) is 19.1 Å². The van der Waals surface area contributed by atoms with Crippen LogP contribution in [0.2, 0.25) is 0 Å². The summed E-state index contributed by atoms with van der Waals surface area (Å²) in [5.41, 5.74) is 6.41. The number of benzene rings is 7. The minimum atomic E-state index is -1.69. The quantitative estimate of drug-likeness (QED) is 0.107. The van der Waals surface area contributed by atoms with Gasteiger partial charge in [0, 0.05) is 41.3 Å². The van der Waals surface area contributed by atoms with Crippen molar-refractivity contribution in [3.63, 3.8) is 0 Å². The van der Waals surface area contributed by atoms with Crippen molar-refractivity contribution in [1.29, 1.82) is 0 Å². The van der Waals surface area contributed by atoms with Crippen LogP contribution in [0.25, 0.3) is 83.7 Å². The maximum atomic E-state index is 9.17. The zero-order chi connectivity index (χ0) is 58.8. The van der Waals surface area contributed by atoms with Gasteiger partial charge in [-0.25, -0.2) is 4.98 Å². The third-order valence-electron chi connectivity index (χ3n) is 12.2. The van der Waals surface area contributed by atoms with Crippen LogP contribution in [-0.4, -0.2) is 19.1 Å². The molecular weight excluding hydrogens is 1050 g/mol. The topological polar surface area (TPSA) is 48.8 Å². The van der Waals surface area contributed by atoms with Crippen LogP contribution in [0, 0.1) is 37.7 Å². The zero-order valence-electron chi connectivity index (χ0n) is 52.4. The van der Waals surface area contributed by atoms with Gasteiger partial charge in [0.2, 0.25) is 0 Å². The Kier molecular flexibility index (Phi) is 9.19. The summed E-state index contributed by atoms with van der Waals surface area (Å²) in [6.45, 7) is 16.2. The maximum absolute atomic E-state index is 9.17. The van der Waals surface area contributed by atoms with E-state index in [0.717, 1.165) is 38.5 Å². The molecule has 0 fully saturated rings. The SMILES string of the molecule is [2H]c1c([2H])c([2H])c(-c2cccc(-c3c([2H])c([2H])c([2H])c([2H])c3[2H])c2-[n+]2[c-]n(-c3[c-]c(Oc4[c-]c5c(cc4)c4ccccc4n5-c4cc(C([2H])([2H])C(C)(C)C)ccn4)cc(-c4c(C)cc(C(C)(C)C)cc4C)n3)c3ccccc32)c([2H])c1[2H].[Pt]. The maximum Gasteiger partial charge on any atom is 0.269 e. The van der Waals surface area contributed by atoms with E-state index in [0.29, 0.717) is 39.4 Å². The van der Waals surface area contributed by atoms with Gasteiger partial charge in [0.25, 0.3) is 6.33 Å². The van der Waals surface area contributed by atoms with Gasteiger partial charge in [0.05, 0.1) is 36.2 Å². The van der Waals surface area contributed by atoms with E-state index in [-0.39, 0.29) is 66.0 Å². The molecule has 71 heavy (non-hydrogen) atoms. The first kappa shape index (κ1) is 34.8. The Morgan fingerprint density at radius 2 is 1.32 bits per heavy atom. The molecule has 7 heteroatoms. The second-order valence-electron chi connectivity index (χ2n) is 19.5. The molecule has 11 rings (SSSR count). The summed E-state index contributed by atoms with van der Waals surface area (Å²) in [5, 5.41) is 1.80. The molecule has 0 unspecified atom stereocenters. The normalized spacial score (nSPS) is 14.5. The first-order valence-electron chi connectivity index (χ1n) is 29.1. The third-order valence-corrected chi connectivity index (χ3v) is 12.2. The molecule has 0 aliphatic rings. The predicted octanol–water partition coefficient (Wildman–Crippen LogP) is 15.5. The van der Waals surface area contributed by atoms with Crippen molar-refractivity contribution in [2.75, 3.05) is 0 Å². The molecular formula is C64H55N5OPt-2. The average Bonchev–Trinajstić information content (AvgIpc) is 2.73. The van der Waals surface area contributed by atoms with E-state index in [4.69, 9.17) is 31.2 Å². The number of fused-ring (bicyclic) bond motifs is 4. The fourth-order valence-electron chi connectivity index (χ4n) is 9.22. The number of aryl methyl sites for hydroxylation is 2. The molecule has 0 atom stereocenters. The molecule has 11 aromatic rings. The number of aromatic nitrogens is 5. The second kappa shape index (κ2) is 18.7. The average molecular weight is 1120 g/mol. The number of rotatable bonds is 9. The molecule has 4 heterocycles. The van der Waals surface area contributed by atoms with Crippen LogP contribution >= 0.6 is 0 Å². The van der Waals surface area contributed by atoms with Crippen LogP contribution in [0.3, 0.4) is 0 Å². The zero-order valence-corrected chi connectivity index (χ0v) is 42.7. The monoisotopic (exact) mass is 1120 g/mol. The summed E-state index contributed by atoms with van der Waals surface area (Å²) in [7, 11) is 0. The van der Waals surface area contributed by atoms with Gasteiger partial charge in [0.1, 0.15) is 5.82 Å². The van der Waals surface area contributed by atoms with Gasteiger partial charge in [-0.05, 0) is 116 Å². The Morgan fingerprint density at radius 1 is 0.676 bits per heavy atom. The summed E-state index contributed by atoms with van der Waals surface area (Å²) in [6.07, 6.45) is 3.38. The van der Waals surface area contributed by atoms with Gasteiger partial charge < -0.3 is 9.30 Å². The Morgan fingerprint density at radius 3 is 1.99 bits per heavy atom. The summed E-state index contributed by atoms with van der Waals surface area (Å²) in [4.78, 5) is 10.1. The van der Waals surface area contributed by atoms with Gasteiger partial charge >= 0.3 is 0 Å². The molecule has 6 nitrogen and oxygen atoms in total. The van der Waals surface area contributed by atoms with Crippen LogP contribution in [0.4, 0.5) is 0 Å². The molecule has 0 N–H and O–H groups in total. The van der Waals surface area contributed by atoms with Crippen molar-refractivity contribution in [2.45, 2.75) is 67.2 Å². The first-order chi connectivity index (χ1) is 38.7. The van der Waals surface area contributed by atoms with E-state index in [1.54, 1.807) is 57.8 Å². The number of imidazole rings is 1. The first-order valence-corrected chi connectivity index (χ1v) is 23.1. The Labute approximate surface area is 448 Å². The van der Waals surface area contributed by atoms with Crippen LogP contribution in [0.15, 0.2) is 176 Å². The van der Waals surface area contributed by atoms with Crippen molar-refractivity contribution in [3.05, 3.63) is 217 Å². The minimum Gasteiger partial charge on any atom is -0.522 e. The third kappa shape index (κ3) is 9.14. The fraction of sp³-hybridized carbons (Fsp3) is 0.172. The molecule has 0 saturated heterocycles. The molecule has 0 saturated carbocycles. The van der Waals surface area contributed by atoms with Gasteiger partial charge in [-0.3, -0.25) is 14.1 Å². The van der Waals surface area contributed by atoms with Gasteiger partial charge in [-0.2, -0.15) is 12.1 Å². The number of nitrogens with zero attached hydrogens (tertiary/aromatic N) is 5. The van der Waals surface area contributed by atoms with Gasteiger partial charge in [0.15, 0.2) is 0 Å². The van der Waals surface area contributed by atoms with Crippen molar-refractivity contribution in [2.24, 2.45) is 5.41 Å². The molecule has 0 aliphatic carbocycles. The van der Waals surface area contributed by atoms with E-state index in [9.17, 15) is 0 Å². The molecule has 0 amide bonds. The molecule has 4 aromatic heterocycles. The van der Waals surface area contributed by atoms with Crippen LogP contribution < -0.4 is 9.30 Å². The minimum absolute atomic E-state index is 0. The summed E-state index contributed by atoms with van der Waals surface area (Å²) >= 11 is 0. The van der Waals surface area contributed by atoms with Gasteiger partial charge in [-0.1, -0.05) is 180 Å². The summed E-state index contributed by atoms with van der Waals surface area (Å²) in [6, 6.07) is 34.6. The number of hydrogen-bond donors (Lipinski definition) is 0. The standard InChI is InChI=1S/C64H55N5O.Pt/c1-42-34-47(64(6,7)8)35-43(2)61(42)54-37-49(70-48-30-31-53-52-24-15-16-27-55(52)69(58(53)38-48)59-36-44(32-33-65-59)40-63(3,4)5)39-60(66-54)67-41-68(57-29-18-17-28-56(57)67)62-50(45-20-11-9-12-21-45)25-19-26-51(62)46-22-13-10-14-23-46;/h9-37H,40H2,1-8H3;/q-2;/i9D,10D,11D,12D,13D,14D,20D,21D,22D,23D,40D2;. The second-order valence-corrected chi connectivity index (χ2v) is 19.5. The van der Waals surface area contributed by atoms with Crippen LogP contribution in [-0.2, 0) is 32.9 Å². The van der Waals surface area contributed by atoms with Crippen molar-refractivity contribution >= 4 is 32.8 Å². The van der Waals surface area contributed by atoms with E-state index < -0.39 is 72.2 Å². The van der Waals surface area contributed by atoms with Crippen molar-refractivity contribution < 1.29 is 46.8 Å². The predicted molar refractivity (Wildman–Crippen MR) is 285 cm³/mol. The molecule has 7 aromatic carbocycles. The molecule has 0 spiro atoms. The van der Waals surface area contributed by atoms with E-state index in [1.165, 1.54) is 0 Å². The van der Waals surface area contributed by atoms with E-state index >= 15 is 0 Å². The Bertz CT molecular complexity index is 4310. The molecule has 0 radical (unpaired) electrons. The van der Waals surface area contributed by atoms with E-state index in [1.807, 2.05) is 93.8 Å². The molecule has 0 bridgehead atoms. The Balaban J connectivity index is 0.00000769. The number of hydrogen-bond acceptors (Lipinski definition) is 3. The smallest absolute Gasteiger partial charge is 0.269 e. The molecule has 354 valence electrons. The van der Waals surface area contributed by atoms with Crippen LogP contribution in [0.5, 0.6) is 11.5 Å². The number of para-hydroxylation sites is 4. The number of ether oxygens (including phenoxy) is 1. The summed E-state index contributed by atoms with van der Waals surface area (Å²) < 4.78 is 119. The van der Waals surface area contributed by atoms with E-state index in [2.05, 4.69) is 51.4 Å². The number of pyridine rings is 2. The summed E-state index contributed by atoms with van der Waals surface area (Å²) in [5.74, 6) is 1.27. The van der Waals surface area contributed by atoms with Crippen molar-refractivity contribution in [3.8, 4) is 62.3 Å². The Hall–Kier alpha value is -7.40.